The third-order valence-electron chi connectivity index (χ3n) is 9.24. The van der Waals surface area contributed by atoms with Crippen LogP contribution in [0.3, 0.4) is 0 Å². The lowest BCUT2D eigenvalue weighted by molar-refractivity contribution is 0.0869. The molecule has 0 aliphatic heterocycles. The number of allylic oxidation sites excluding steroid dienone is 2. The molecule has 0 N–H and O–H groups in total. The van der Waals surface area contributed by atoms with Crippen molar-refractivity contribution in [3.8, 4) is 0 Å². The quantitative estimate of drug-likeness (QED) is 0.0715. The summed E-state index contributed by atoms with van der Waals surface area (Å²) in [7, 11) is 0. The number of amides is 1. The van der Waals surface area contributed by atoms with E-state index in [1.807, 2.05) is 42.7 Å². The topological polar surface area (TPSA) is 20.3 Å². The summed E-state index contributed by atoms with van der Waals surface area (Å²) in [5, 5.41) is 0. The van der Waals surface area contributed by atoms with Gasteiger partial charge >= 0.3 is 0 Å². The Morgan fingerprint density at radius 3 is 1.04 bits per heavy atom. The highest BCUT2D eigenvalue weighted by atomic mass is 16.2. The number of carbonyl (C=O) groups is 1. The van der Waals surface area contributed by atoms with E-state index in [0.29, 0.717) is 0 Å². The van der Waals surface area contributed by atoms with Crippen LogP contribution in [0.5, 0.6) is 0 Å². The number of nitrogens with zero attached hydrogens (tertiary/aromatic N) is 1. The molecule has 1 aromatic rings. The van der Waals surface area contributed by atoms with E-state index >= 15 is 0 Å². The molecule has 0 atom stereocenters. The first-order valence-electron chi connectivity index (χ1n) is 20.0. The zero-order chi connectivity index (χ0) is 32.3. The van der Waals surface area contributed by atoms with Gasteiger partial charge in [0.05, 0.1) is 0 Å². The van der Waals surface area contributed by atoms with Crippen molar-refractivity contribution in [1.82, 2.24) is 4.90 Å². The molecule has 1 aromatic carbocycles. The van der Waals surface area contributed by atoms with Crippen molar-refractivity contribution in [2.75, 3.05) is 0 Å². The fourth-order valence-corrected chi connectivity index (χ4v) is 6.20. The van der Waals surface area contributed by atoms with Gasteiger partial charge in [-0.1, -0.05) is 211 Å². The molecular weight excluding hydrogens is 546 g/mol. The summed E-state index contributed by atoms with van der Waals surface area (Å²) in [5.74, 6) is 0.0602. The lowest BCUT2D eigenvalue weighted by Crippen LogP contribution is -2.19. The third kappa shape index (κ3) is 27.0. The van der Waals surface area contributed by atoms with Crippen molar-refractivity contribution in [3.05, 3.63) is 60.4 Å². The van der Waals surface area contributed by atoms with Crippen molar-refractivity contribution in [3.63, 3.8) is 0 Å². The highest BCUT2D eigenvalue weighted by Crippen LogP contribution is 2.16. The number of unbranched alkanes of at least 4 members (excludes halogenated alkanes) is 28. The summed E-state index contributed by atoms with van der Waals surface area (Å²) in [4.78, 5) is 14.9. The van der Waals surface area contributed by atoms with E-state index in [1.54, 1.807) is 4.90 Å². The van der Waals surface area contributed by atoms with Gasteiger partial charge in [0.15, 0.2) is 0 Å². The molecule has 0 heterocycles. The van der Waals surface area contributed by atoms with Gasteiger partial charge in [-0.05, 0) is 37.8 Å². The molecule has 258 valence electrons. The molecule has 0 unspecified atom stereocenters. The number of rotatable bonds is 33. The van der Waals surface area contributed by atoms with E-state index in [1.165, 1.54) is 180 Å². The molecule has 0 fully saturated rings. The second-order valence-electron chi connectivity index (χ2n) is 13.6. The standard InChI is InChI=1S/C43H75NO/c1-3-5-7-9-11-13-15-17-19-21-23-25-27-29-31-36-40-44(43(45)42-38-34-33-35-39-42)41-37-32-30-28-26-24-22-20-18-16-14-12-10-8-6-4-2/h33-41H,3-32H2,1-2H3/b40-36+,41-37+. The van der Waals surface area contributed by atoms with E-state index in [-0.39, 0.29) is 5.91 Å². The molecular formula is C43H75NO. The SMILES string of the molecule is CCCCCCCCCCCCCCCC/C=C/N(/C=C/CCCCCCCCCCCCCCCC)C(=O)c1ccccc1. The monoisotopic (exact) mass is 622 g/mol. The van der Waals surface area contributed by atoms with Crippen LogP contribution in [0.4, 0.5) is 0 Å². The summed E-state index contributed by atoms with van der Waals surface area (Å²) in [5.41, 5.74) is 0.750. The largest absolute Gasteiger partial charge is 0.291 e. The van der Waals surface area contributed by atoms with Crippen LogP contribution in [0.1, 0.15) is 217 Å². The second kappa shape index (κ2) is 33.5. The Hall–Kier alpha value is -1.83. The van der Waals surface area contributed by atoms with Gasteiger partial charge < -0.3 is 0 Å². The Kier molecular flexibility index (Phi) is 30.7. The molecule has 0 spiro atoms. The Morgan fingerprint density at radius 1 is 0.444 bits per heavy atom. The first-order chi connectivity index (χ1) is 22.3. The molecule has 0 radical (unpaired) electrons. The highest BCUT2D eigenvalue weighted by molar-refractivity contribution is 5.95. The minimum atomic E-state index is 0.0602. The summed E-state index contributed by atoms with van der Waals surface area (Å²) in [6, 6.07) is 9.69. The number of hydrogen-bond donors (Lipinski definition) is 0. The van der Waals surface area contributed by atoms with Gasteiger partial charge in [0.1, 0.15) is 0 Å². The maximum absolute atomic E-state index is 13.2. The average Bonchev–Trinajstić information content (AvgIpc) is 3.07. The van der Waals surface area contributed by atoms with Gasteiger partial charge in [0.2, 0.25) is 0 Å². The molecule has 0 aliphatic carbocycles. The van der Waals surface area contributed by atoms with Gasteiger partial charge in [-0.25, -0.2) is 0 Å². The van der Waals surface area contributed by atoms with Crippen LogP contribution in [0.15, 0.2) is 54.9 Å². The van der Waals surface area contributed by atoms with E-state index in [0.717, 1.165) is 18.4 Å². The normalized spacial score (nSPS) is 11.7. The summed E-state index contributed by atoms with van der Waals surface area (Å²) < 4.78 is 0. The average molecular weight is 622 g/mol. The Balaban J connectivity index is 2.14. The summed E-state index contributed by atoms with van der Waals surface area (Å²) >= 11 is 0. The lowest BCUT2D eigenvalue weighted by Gasteiger charge is -2.14. The zero-order valence-electron chi connectivity index (χ0n) is 30.3. The van der Waals surface area contributed by atoms with Crippen LogP contribution < -0.4 is 0 Å². The Bertz CT molecular complexity index is 755. The van der Waals surface area contributed by atoms with Gasteiger partial charge in [-0.15, -0.1) is 0 Å². The lowest BCUT2D eigenvalue weighted by atomic mass is 10.0. The molecule has 0 aliphatic rings. The Morgan fingerprint density at radius 2 is 0.733 bits per heavy atom. The maximum Gasteiger partial charge on any atom is 0.261 e. The maximum atomic E-state index is 13.2. The van der Waals surface area contributed by atoms with Crippen LogP contribution in [-0.4, -0.2) is 10.8 Å². The van der Waals surface area contributed by atoms with Gasteiger partial charge in [0, 0.05) is 18.0 Å². The molecule has 45 heavy (non-hydrogen) atoms. The first kappa shape index (κ1) is 41.2. The van der Waals surface area contributed by atoms with Crippen molar-refractivity contribution in [2.45, 2.75) is 206 Å². The number of hydrogen-bond acceptors (Lipinski definition) is 1. The second-order valence-corrected chi connectivity index (χ2v) is 13.6. The summed E-state index contributed by atoms with van der Waals surface area (Å²) in [6.07, 6.45) is 49.3. The molecule has 2 nitrogen and oxygen atoms in total. The van der Waals surface area contributed by atoms with E-state index in [2.05, 4.69) is 26.0 Å². The highest BCUT2D eigenvalue weighted by Gasteiger charge is 2.10. The van der Waals surface area contributed by atoms with Crippen LogP contribution >= 0.6 is 0 Å². The molecule has 1 amide bonds. The molecule has 0 bridgehead atoms. The predicted molar refractivity (Wildman–Crippen MR) is 201 cm³/mol. The van der Waals surface area contributed by atoms with Gasteiger partial charge in [-0.2, -0.15) is 0 Å². The Labute approximate surface area is 281 Å². The third-order valence-corrected chi connectivity index (χ3v) is 9.24. The van der Waals surface area contributed by atoms with Crippen molar-refractivity contribution < 1.29 is 4.79 Å². The fourth-order valence-electron chi connectivity index (χ4n) is 6.20. The molecule has 1 rings (SSSR count). The van der Waals surface area contributed by atoms with Crippen molar-refractivity contribution in [1.29, 1.82) is 0 Å². The summed E-state index contributed by atoms with van der Waals surface area (Å²) in [6.45, 7) is 4.58. The van der Waals surface area contributed by atoms with Crippen LogP contribution in [0.2, 0.25) is 0 Å². The fraction of sp³-hybridized carbons (Fsp3) is 0.744. The smallest absolute Gasteiger partial charge is 0.261 e. The van der Waals surface area contributed by atoms with E-state index in [4.69, 9.17) is 0 Å². The minimum absolute atomic E-state index is 0.0602. The number of benzene rings is 1. The van der Waals surface area contributed by atoms with Crippen LogP contribution in [-0.2, 0) is 0 Å². The van der Waals surface area contributed by atoms with Gasteiger partial charge in [0.25, 0.3) is 5.91 Å². The zero-order valence-corrected chi connectivity index (χ0v) is 30.3. The van der Waals surface area contributed by atoms with E-state index in [9.17, 15) is 4.79 Å². The molecule has 0 aromatic heterocycles. The van der Waals surface area contributed by atoms with Crippen LogP contribution in [0.25, 0.3) is 0 Å². The van der Waals surface area contributed by atoms with Crippen LogP contribution in [0, 0.1) is 0 Å². The van der Waals surface area contributed by atoms with Gasteiger partial charge in [-0.3, -0.25) is 9.69 Å². The van der Waals surface area contributed by atoms with Crippen molar-refractivity contribution in [2.24, 2.45) is 0 Å². The van der Waals surface area contributed by atoms with Crippen molar-refractivity contribution >= 4 is 5.91 Å². The first-order valence-corrected chi connectivity index (χ1v) is 20.0. The number of carbonyl (C=O) groups excluding carboxylic acids is 1. The van der Waals surface area contributed by atoms with E-state index < -0.39 is 0 Å². The molecule has 0 saturated heterocycles. The molecule has 2 heteroatoms. The predicted octanol–water partition coefficient (Wildman–Crippen LogP) is 14.9. The minimum Gasteiger partial charge on any atom is -0.291 e. The molecule has 0 saturated carbocycles.